The Bertz CT molecular complexity index is 895. The lowest BCUT2D eigenvalue weighted by molar-refractivity contribution is -0.151. The van der Waals surface area contributed by atoms with Crippen LogP contribution < -0.4 is 4.74 Å². The van der Waals surface area contributed by atoms with Gasteiger partial charge in [-0.05, 0) is 37.5 Å². The molecule has 170 valence electrons. The fourth-order valence-corrected chi connectivity index (χ4v) is 3.10. The molecule has 1 heterocycles. The summed E-state index contributed by atoms with van der Waals surface area (Å²) in [6.07, 6.45) is 0.0539. The number of amides is 1. The van der Waals surface area contributed by atoms with Crippen LogP contribution in [0.2, 0.25) is 0 Å². The summed E-state index contributed by atoms with van der Waals surface area (Å²) >= 11 is 0. The van der Waals surface area contributed by atoms with Gasteiger partial charge < -0.3 is 14.4 Å². The number of rotatable bonds is 10. The van der Waals surface area contributed by atoms with E-state index in [-0.39, 0.29) is 31.2 Å². The lowest BCUT2D eigenvalue weighted by atomic mass is 10.1. The Morgan fingerprint density at radius 3 is 2.39 bits per heavy atom. The summed E-state index contributed by atoms with van der Waals surface area (Å²) in [6, 6.07) is 6.00. The van der Waals surface area contributed by atoms with Gasteiger partial charge in [0.25, 0.3) is 5.91 Å². The number of aromatic nitrogens is 2. The van der Waals surface area contributed by atoms with Crippen molar-refractivity contribution in [3.8, 4) is 5.75 Å². The van der Waals surface area contributed by atoms with Gasteiger partial charge in [-0.3, -0.25) is 14.3 Å². The second-order valence-electron chi connectivity index (χ2n) is 7.84. The van der Waals surface area contributed by atoms with E-state index in [2.05, 4.69) is 23.7 Å². The predicted octanol–water partition coefficient (Wildman–Crippen LogP) is 3.50. The maximum absolute atomic E-state index is 12.3. The zero-order chi connectivity index (χ0) is 23.1. The highest BCUT2D eigenvalue weighted by atomic mass is 19.3. The molecule has 7 nitrogen and oxygen atoms in total. The number of carbonyl (C=O) groups is 2. The van der Waals surface area contributed by atoms with Crippen molar-refractivity contribution in [3.05, 3.63) is 46.8 Å². The number of hydrogen-bond donors (Lipinski definition) is 0. The number of benzene rings is 1. The van der Waals surface area contributed by atoms with Gasteiger partial charge in [-0.1, -0.05) is 26.0 Å². The first-order valence-corrected chi connectivity index (χ1v) is 10.0. The molecule has 0 saturated heterocycles. The molecule has 2 rings (SSSR count). The Kier molecular flexibility index (Phi) is 8.53. The van der Waals surface area contributed by atoms with Crippen LogP contribution >= 0.6 is 0 Å². The highest BCUT2D eigenvalue weighted by Crippen LogP contribution is 2.17. The molecule has 1 aromatic carbocycles. The van der Waals surface area contributed by atoms with E-state index < -0.39 is 12.6 Å². The fraction of sp³-hybridized carbons (Fsp3) is 0.500. The van der Waals surface area contributed by atoms with Gasteiger partial charge >= 0.3 is 12.6 Å². The first-order chi connectivity index (χ1) is 14.6. The number of halogens is 2. The number of nitrogens with zero attached hydrogens (tertiary/aromatic N) is 3. The van der Waals surface area contributed by atoms with Crippen LogP contribution in [0.15, 0.2) is 24.3 Å². The lowest BCUT2D eigenvalue weighted by Gasteiger charge is -2.17. The van der Waals surface area contributed by atoms with Crippen molar-refractivity contribution >= 4 is 11.9 Å². The molecule has 1 amide bonds. The topological polar surface area (TPSA) is 73.7 Å². The van der Waals surface area contributed by atoms with E-state index in [4.69, 9.17) is 4.74 Å². The zero-order valence-corrected chi connectivity index (χ0v) is 18.5. The monoisotopic (exact) mass is 437 g/mol. The van der Waals surface area contributed by atoms with E-state index in [1.165, 1.54) is 17.0 Å². The van der Waals surface area contributed by atoms with Gasteiger partial charge in [0, 0.05) is 31.4 Å². The molecule has 0 aliphatic rings. The van der Waals surface area contributed by atoms with Gasteiger partial charge in [0.2, 0.25) is 0 Å². The maximum Gasteiger partial charge on any atom is 0.387 e. The van der Waals surface area contributed by atoms with Crippen molar-refractivity contribution in [1.29, 1.82) is 0 Å². The minimum Gasteiger partial charge on any atom is -0.455 e. The quantitative estimate of drug-likeness (QED) is 0.532. The molecular formula is C22H29F2N3O4. The number of carbonyl (C=O) groups excluding carboxylic acids is 2. The molecule has 9 heteroatoms. The van der Waals surface area contributed by atoms with Gasteiger partial charge in [0.15, 0.2) is 6.61 Å². The Morgan fingerprint density at radius 2 is 1.81 bits per heavy atom. The molecule has 2 aromatic rings. The Balaban J connectivity index is 1.85. The van der Waals surface area contributed by atoms with Crippen LogP contribution in [0, 0.1) is 19.8 Å². The summed E-state index contributed by atoms with van der Waals surface area (Å²) in [7, 11) is 1.57. The van der Waals surface area contributed by atoms with Crippen molar-refractivity contribution in [2.24, 2.45) is 5.92 Å². The standard InChI is InChI=1S/C22H29F2N3O4/c1-14(2)11-27-16(4)19(15(3)25-27)10-21(29)30-13-20(28)26(5)12-17-6-8-18(9-7-17)31-22(23)24/h6-9,14,22H,10-13H2,1-5H3. The molecule has 0 aliphatic heterocycles. The zero-order valence-electron chi connectivity index (χ0n) is 18.5. The Labute approximate surface area is 180 Å². The van der Waals surface area contributed by atoms with Gasteiger partial charge in [-0.2, -0.15) is 13.9 Å². The van der Waals surface area contributed by atoms with Crippen LogP contribution in [0.4, 0.5) is 8.78 Å². The van der Waals surface area contributed by atoms with Crippen LogP contribution in [0.1, 0.15) is 36.4 Å². The SMILES string of the molecule is Cc1nn(CC(C)C)c(C)c1CC(=O)OCC(=O)N(C)Cc1ccc(OC(F)F)cc1. The van der Waals surface area contributed by atoms with Crippen molar-refractivity contribution in [2.75, 3.05) is 13.7 Å². The van der Waals surface area contributed by atoms with E-state index in [0.29, 0.717) is 5.92 Å². The summed E-state index contributed by atoms with van der Waals surface area (Å²) in [5.74, 6) is -0.390. The third kappa shape index (κ3) is 7.34. The molecule has 0 saturated carbocycles. The minimum absolute atomic E-state index is 0.0453. The molecule has 0 bridgehead atoms. The molecular weight excluding hydrogens is 408 g/mol. The first kappa shape index (κ1) is 24.3. The highest BCUT2D eigenvalue weighted by molar-refractivity contribution is 5.81. The van der Waals surface area contributed by atoms with Crippen LogP contribution in [0.25, 0.3) is 0 Å². The molecule has 0 N–H and O–H groups in total. The highest BCUT2D eigenvalue weighted by Gasteiger charge is 2.18. The van der Waals surface area contributed by atoms with Crippen molar-refractivity contribution in [1.82, 2.24) is 14.7 Å². The van der Waals surface area contributed by atoms with Crippen molar-refractivity contribution < 1.29 is 27.8 Å². The Morgan fingerprint density at radius 1 is 1.16 bits per heavy atom. The van der Waals surface area contributed by atoms with E-state index in [1.807, 2.05) is 18.5 Å². The molecule has 0 fully saturated rings. The predicted molar refractivity (Wildman–Crippen MR) is 111 cm³/mol. The van der Waals surface area contributed by atoms with Gasteiger partial charge in [0.1, 0.15) is 5.75 Å². The molecule has 0 unspecified atom stereocenters. The van der Waals surface area contributed by atoms with Gasteiger partial charge in [-0.25, -0.2) is 0 Å². The number of alkyl halides is 2. The minimum atomic E-state index is -2.89. The largest absolute Gasteiger partial charge is 0.455 e. The normalized spacial score (nSPS) is 11.1. The van der Waals surface area contributed by atoms with E-state index >= 15 is 0 Å². The molecule has 0 atom stereocenters. The summed E-state index contributed by atoms with van der Waals surface area (Å²) in [5, 5.41) is 4.48. The van der Waals surface area contributed by atoms with Crippen molar-refractivity contribution in [2.45, 2.75) is 53.8 Å². The van der Waals surface area contributed by atoms with Gasteiger partial charge in [0.05, 0.1) is 12.1 Å². The second-order valence-corrected chi connectivity index (χ2v) is 7.84. The van der Waals surface area contributed by atoms with Crippen LogP contribution in [-0.2, 0) is 33.8 Å². The maximum atomic E-state index is 12.3. The summed E-state index contributed by atoms with van der Waals surface area (Å²) in [4.78, 5) is 25.9. The molecule has 0 aliphatic carbocycles. The van der Waals surface area contributed by atoms with E-state index in [1.54, 1.807) is 19.2 Å². The number of likely N-dealkylation sites (N-methyl/N-ethyl adjacent to an activating group) is 1. The fourth-order valence-electron chi connectivity index (χ4n) is 3.10. The smallest absolute Gasteiger partial charge is 0.387 e. The van der Waals surface area contributed by atoms with Crippen LogP contribution in [-0.4, -0.2) is 46.8 Å². The van der Waals surface area contributed by atoms with Crippen LogP contribution in [0.3, 0.4) is 0 Å². The van der Waals surface area contributed by atoms with Gasteiger partial charge in [-0.15, -0.1) is 0 Å². The van der Waals surface area contributed by atoms with Crippen molar-refractivity contribution in [3.63, 3.8) is 0 Å². The second kappa shape index (κ2) is 10.9. The number of ether oxygens (including phenoxy) is 2. The average Bonchev–Trinajstić information content (AvgIpc) is 2.94. The molecule has 0 radical (unpaired) electrons. The summed E-state index contributed by atoms with van der Waals surface area (Å²) in [5.41, 5.74) is 3.24. The third-order valence-corrected chi connectivity index (χ3v) is 4.74. The molecule has 1 aromatic heterocycles. The average molecular weight is 437 g/mol. The lowest BCUT2D eigenvalue weighted by Crippen LogP contribution is -2.31. The van der Waals surface area contributed by atoms with E-state index in [0.717, 1.165) is 29.1 Å². The molecule has 0 spiro atoms. The number of hydrogen-bond acceptors (Lipinski definition) is 5. The Hall–Kier alpha value is -2.97. The molecule has 31 heavy (non-hydrogen) atoms. The summed E-state index contributed by atoms with van der Waals surface area (Å²) in [6.45, 7) is 5.70. The number of aryl methyl sites for hydroxylation is 1. The summed E-state index contributed by atoms with van der Waals surface area (Å²) < 4.78 is 35.7. The first-order valence-electron chi connectivity index (χ1n) is 10.0. The van der Waals surface area contributed by atoms with Crippen LogP contribution in [0.5, 0.6) is 5.75 Å². The third-order valence-electron chi connectivity index (χ3n) is 4.74. The van der Waals surface area contributed by atoms with E-state index in [9.17, 15) is 18.4 Å². The number of esters is 1.